The highest BCUT2D eigenvalue weighted by Crippen LogP contribution is 2.24. The van der Waals surface area contributed by atoms with Gasteiger partial charge in [0.2, 0.25) is 0 Å². The van der Waals surface area contributed by atoms with Crippen molar-refractivity contribution < 1.29 is 23.1 Å². The minimum Gasteiger partial charge on any atom is -0.479 e. The van der Waals surface area contributed by atoms with Gasteiger partial charge in [-0.25, -0.2) is 18.0 Å². The van der Waals surface area contributed by atoms with E-state index in [0.717, 1.165) is 0 Å². The maximum atomic E-state index is 12.8. The standard InChI is InChI=1S/C15H12F3NO2/c16-11-5-7-12(8-6-11)19-13(15(20)21)9-1-3-10(4-2-9)14(17)18/h1-8,13-14,19H,(H,20,21). The smallest absolute Gasteiger partial charge is 0.330 e. The minimum atomic E-state index is -2.60. The van der Waals surface area contributed by atoms with E-state index in [4.69, 9.17) is 0 Å². The summed E-state index contributed by atoms with van der Waals surface area (Å²) in [7, 11) is 0. The average Bonchev–Trinajstić information content (AvgIpc) is 2.46. The number of aliphatic carboxylic acids is 1. The Morgan fingerprint density at radius 1 is 0.952 bits per heavy atom. The molecule has 110 valence electrons. The SMILES string of the molecule is O=C(O)C(Nc1ccc(F)cc1)c1ccc(C(F)F)cc1. The summed E-state index contributed by atoms with van der Waals surface area (Å²) in [5.74, 6) is -1.60. The molecule has 0 aliphatic carbocycles. The third-order valence-electron chi connectivity index (χ3n) is 2.92. The van der Waals surface area contributed by atoms with Gasteiger partial charge in [-0.1, -0.05) is 24.3 Å². The molecular weight excluding hydrogens is 283 g/mol. The van der Waals surface area contributed by atoms with Gasteiger partial charge in [-0.2, -0.15) is 0 Å². The van der Waals surface area contributed by atoms with E-state index in [0.29, 0.717) is 11.3 Å². The Labute approximate surface area is 119 Å². The maximum Gasteiger partial charge on any atom is 0.330 e. The molecule has 2 N–H and O–H groups in total. The number of alkyl halides is 2. The first-order valence-corrected chi connectivity index (χ1v) is 6.10. The summed E-state index contributed by atoms with van der Waals surface area (Å²) in [6.07, 6.45) is -2.60. The molecule has 2 aromatic carbocycles. The lowest BCUT2D eigenvalue weighted by Gasteiger charge is -2.16. The molecular formula is C15H12F3NO2. The van der Waals surface area contributed by atoms with Crippen molar-refractivity contribution in [3.05, 3.63) is 65.5 Å². The number of rotatable bonds is 5. The molecule has 0 spiro atoms. The van der Waals surface area contributed by atoms with Crippen LogP contribution >= 0.6 is 0 Å². The Balaban J connectivity index is 2.22. The molecule has 0 fully saturated rings. The van der Waals surface area contributed by atoms with Crippen molar-refractivity contribution in [2.75, 3.05) is 5.32 Å². The van der Waals surface area contributed by atoms with Gasteiger partial charge in [-0.3, -0.25) is 0 Å². The summed E-state index contributed by atoms with van der Waals surface area (Å²) in [5.41, 5.74) is 0.572. The first kappa shape index (κ1) is 14.9. The Morgan fingerprint density at radius 3 is 1.95 bits per heavy atom. The molecule has 0 aliphatic heterocycles. The van der Waals surface area contributed by atoms with Gasteiger partial charge in [-0.05, 0) is 29.8 Å². The van der Waals surface area contributed by atoms with Crippen molar-refractivity contribution in [3.8, 4) is 0 Å². The van der Waals surface area contributed by atoms with Crippen LogP contribution < -0.4 is 5.32 Å². The largest absolute Gasteiger partial charge is 0.479 e. The van der Waals surface area contributed by atoms with E-state index >= 15 is 0 Å². The lowest BCUT2D eigenvalue weighted by Crippen LogP contribution is -2.20. The number of hydrogen-bond acceptors (Lipinski definition) is 2. The second kappa shape index (κ2) is 6.30. The first-order chi connectivity index (χ1) is 9.97. The Kier molecular flexibility index (Phi) is 4.47. The molecule has 0 aliphatic rings. The van der Waals surface area contributed by atoms with Crippen molar-refractivity contribution in [2.45, 2.75) is 12.5 Å². The summed E-state index contributed by atoms with van der Waals surface area (Å²) >= 11 is 0. The average molecular weight is 295 g/mol. The lowest BCUT2D eigenvalue weighted by molar-refractivity contribution is -0.138. The predicted molar refractivity (Wildman–Crippen MR) is 71.8 cm³/mol. The van der Waals surface area contributed by atoms with Crippen molar-refractivity contribution >= 4 is 11.7 Å². The van der Waals surface area contributed by atoms with Crippen LogP contribution in [-0.2, 0) is 4.79 Å². The minimum absolute atomic E-state index is 0.176. The van der Waals surface area contributed by atoms with Gasteiger partial charge in [0.1, 0.15) is 5.82 Å². The zero-order valence-corrected chi connectivity index (χ0v) is 10.8. The molecule has 21 heavy (non-hydrogen) atoms. The van der Waals surface area contributed by atoms with E-state index in [1.807, 2.05) is 0 Å². The number of nitrogens with one attached hydrogen (secondary N) is 1. The van der Waals surface area contributed by atoms with Crippen LogP contribution in [0, 0.1) is 5.82 Å². The monoisotopic (exact) mass is 295 g/mol. The van der Waals surface area contributed by atoms with Gasteiger partial charge in [0, 0.05) is 11.3 Å². The number of carbonyl (C=O) groups is 1. The zero-order valence-electron chi connectivity index (χ0n) is 10.8. The van der Waals surface area contributed by atoms with E-state index in [9.17, 15) is 23.1 Å². The van der Waals surface area contributed by atoms with Crippen LogP contribution in [0.2, 0.25) is 0 Å². The molecule has 2 aromatic rings. The van der Waals surface area contributed by atoms with Gasteiger partial charge in [0.25, 0.3) is 6.43 Å². The van der Waals surface area contributed by atoms with E-state index < -0.39 is 24.3 Å². The van der Waals surface area contributed by atoms with Gasteiger partial charge in [0.05, 0.1) is 0 Å². The third-order valence-corrected chi connectivity index (χ3v) is 2.92. The van der Waals surface area contributed by atoms with Crippen LogP contribution in [0.4, 0.5) is 18.9 Å². The Morgan fingerprint density at radius 2 is 1.48 bits per heavy atom. The first-order valence-electron chi connectivity index (χ1n) is 6.10. The molecule has 0 saturated heterocycles. The fourth-order valence-electron chi connectivity index (χ4n) is 1.83. The predicted octanol–water partition coefficient (Wildman–Crippen LogP) is 4.00. The van der Waals surface area contributed by atoms with Crippen molar-refractivity contribution in [1.82, 2.24) is 0 Å². The summed E-state index contributed by atoms with van der Waals surface area (Å²) in [6.45, 7) is 0. The fraction of sp³-hybridized carbons (Fsp3) is 0.133. The number of anilines is 1. The normalized spacial score (nSPS) is 12.2. The summed E-state index contributed by atoms with van der Waals surface area (Å²) in [6, 6.07) is 9.11. The van der Waals surface area contributed by atoms with Crippen LogP contribution in [-0.4, -0.2) is 11.1 Å². The molecule has 0 bridgehead atoms. The van der Waals surface area contributed by atoms with Crippen LogP contribution in [0.3, 0.4) is 0 Å². The van der Waals surface area contributed by atoms with Crippen LogP contribution in [0.15, 0.2) is 48.5 Å². The molecule has 1 unspecified atom stereocenters. The van der Waals surface area contributed by atoms with Crippen LogP contribution in [0.1, 0.15) is 23.6 Å². The summed E-state index contributed by atoms with van der Waals surface area (Å²) in [4.78, 5) is 11.3. The molecule has 2 rings (SSSR count). The second-order valence-electron chi connectivity index (χ2n) is 4.39. The van der Waals surface area contributed by atoms with Crippen LogP contribution in [0.25, 0.3) is 0 Å². The lowest BCUT2D eigenvalue weighted by atomic mass is 10.0. The van der Waals surface area contributed by atoms with E-state index in [1.54, 1.807) is 0 Å². The molecule has 6 heteroatoms. The summed E-state index contributed by atoms with van der Waals surface area (Å²) in [5, 5.41) is 12.0. The number of hydrogen-bond donors (Lipinski definition) is 2. The Bertz CT molecular complexity index is 612. The number of benzene rings is 2. The van der Waals surface area contributed by atoms with Crippen molar-refractivity contribution in [2.24, 2.45) is 0 Å². The molecule has 1 atom stereocenters. The fourth-order valence-corrected chi connectivity index (χ4v) is 1.83. The summed E-state index contributed by atoms with van der Waals surface area (Å²) < 4.78 is 37.8. The topological polar surface area (TPSA) is 49.3 Å². The molecule has 0 amide bonds. The van der Waals surface area contributed by atoms with Gasteiger partial charge < -0.3 is 10.4 Å². The van der Waals surface area contributed by atoms with E-state index in [2.05, 4.69) is 5.32 Å². The second-order valence-corrected chi connectivity index (χ2v) is 4.39. The van der Waals surface area contributed by atoms with E-state index in [1.165, 1.54) is 48.5 Å². The van der Waals surface area contributed by atoms with Gasteiger partial charge in [0.15, 0.2) is 6.04 Å². The highest BCUT2D eigenvalue weighted by Gasteiger charge is 2.20. The number of carboxylic acids is 1. The van der Waals surface area contributed by atoms with E-state index in [-0.39, 0.29) is 5.56 Å². The van der Waals surface area contributed by atoms with Gasteiger partial charge >= 0.3 is 5.97 Å². The molecule has 0 radical (unpaired) electrons. The number of halogens is 3. The molecule has 0 saturated carbocycles. The van der Waals surface area contributed by atoms with Crippen molar-refractivity contribution in [3.63, 3.8) is 0 Å². The van der Waals surface area contributed by atoms with Gasteiger partial charge in [-0.15, -0.1) is 0 Å². The quantitative estimate of drug-likeness (QED) is 0.876. The molecule has 3 nitrogen and oxygen atoms in total. The highest BCUT2D eigenvalue weighted by molar-refractivity contribution is 5.79. The van der Waals surface area contributed by atoms with Crippen LogP contribution in [0.5, 0.6) is 0 Å². The van der Waals surface area contributed by atoms with Crippen molar-refractivity contribution in [1.29, 1.82) is 0 Å². The molecule has 0 aromatic heterocycles. The number of carboxylic acid groups (broad SMARTS) is 1. The highest BCUT2D eigenvalue weighted by atomic mass is 19.3. The third kappa shape index (κ3) is 3.75. The zero-order chi connectivity index (χ0) is 15.4. The Hall–Kier alpha value is -2.50. The maximum absolute atomic E-state index is 12.8. The molecule has 0 heterocycles.